The molecule has 3 rings (SSSR count). The Morgan fingerprint density at radius 3 is 3.05 bits per heavy atom. The summed E-state index contributed by atoms with van der Waals surface area (Å²) in [6.45, 7) is 0.740. The average molecular weight is 318 g/mol. The minimum Gasteiger partial charge on any atom is -0.375 e. The number of H-pyrrole nitrogens is 1. The number of halogens is 1. The van der Waals surface area contributed by atoms with Crippen molar-refractivity contribution in [2.24, 2.45) is 0 Å². The van der Waals surface area contributed by atoms with Crippen LogP contribution in [0, 0.1) is 11.3 Å². The van der Waals surface area contributed by atoms with E-state index in [1.807, 2.05) is 24.3 Å². The molecule has 0 amide bonds. The molecule has 0 radical (unpaired) electrons. The van der Waals surface area contributed by atoms with E-state index in [4.69, 9.17) is 16.9 Å². The van der Waals surface area contributed by atoms with Gasteiger partial charge in [-0.25, -0.2) is 4.98 Å². The molecule has 2 heterocycles. The van der Waals surface area contributed by atoms with Gasteiger partial charge in [0.2, 0.25) is 0 Å². The van der Waals surface area contributed by atoms with Crippen molar-refractivity contribution >= 4 is 39.2 Å². The van der Waals surface area contributed by atoms with Crippen LogP contribution in [0.4, 0.5) is 5.00 Å². The lowest BCUT2D eigenvalue weighted by atomic mass is 10.3. The number of aromatic nitrogens is 3. The number of hydrogen-bond acceptors (Lipinski definition) is 5. The third-order valence-electron chi connectivity index (χ3n) is 3.08. The number of rotatable bonds is 5. The fourth-order valence-corrected chi connectivity index (χ4v) is 3.03. The number of aromatic amines is 1. The SMILES string of the molecule is N#Cc1c(Cl)nsc1NCCCc1nc2ccccc2[nH]1. The number of nitrogens with zero attached hydrogens (tertiary/aromatic N) is 3. The topological polar surface area (TPSA) is 77.4 Å². The lowest BCUT2D eigenvalue weighted by Gasteiger charge is -2.02. The third kappa shape index (κ3) is 2.99. The first-order chi connectivity index (χ1) is 10.3. The second-order valence-corrected chi connectivity index (χ2v) is 5.65. The van der Waals surface area contributed by atoms with E-state index in [1.165, 1.54) is 11.5 Å². The average Bonchev–Trinajstić information content (AvgIpc) is 3.06. The van der Waals surface area contributed by atoms with Crippen LogP contribution in [0.15, 0.2) is 24.3 Å². The summed E-state index contributed by atoms with van der Waals surface area (Å²) in [5, 5.41) is 13.2. The van der Waals surface area contributed by atoms with Gasteiger partial charge in [0.05, 0.1) is 11.0 Å². The van der Waals surface area contributed by atoms with Crippen molar-refractivity contribution < 1.29 is 0 Å². The molecule has 106 valence electrons. The molecular weight excluding hydrogens is 306 g/mol. The highest BCUT2D eigenvalue weighted by atomic mass is 35.5. The summed E-state index contributed by atoms with van der Waals surface area (Å²) in [5.74, 6) is 0.973. The maximum atomic E-state index is 8.98. The second-order valence-electron chi connectivity index (χ2n) is 4.52. The molecule has 0 spiro atoms. The van der Waals surface area contributed by atoms with E-state index >= 15 is 0 Å². The van der Waals surface area contributed by atoms with Crippen molar-refractivity contribution in [3.63, 3.8) is 0 Å². The highest BCUT2D eigenvalue weighted by Crippen LogP contribution is 2.27. The summed E-state index contributed by atoms with van der Waals surface area (Å²) in [7, 11) is 0. The zero-order valence-corrected chi connectivity index (χ0v) is 12.6. The summed E-state index contributed by atoms with van der Waals surface area (Å²) in [4.78, 5) is 7.83. The van der Waals surface area contributed by atoms with E-state index in [-0.39, 0.29) is 5.15 Å². The van der Waals surface area contributed by atoms with Crippen molar-refractivity contribution in [3.05, 3.63) is 40.8 Å². The first kappa shape index (κ1) is 13.9. The Bertz CT molecular complexity index is 768. The van der Waals surface area contributed by atoms with E-state index < -0.39 is 0 Å². The van der Waals surface area contributed by atoms with Crippen molar-refractivity contribution in [2.75, 3.05) is 11.9 Å². The Morgan fingerprint density at radius 1 is 1.38 bits per heavy atom. The summed E-state index contributed by atoms with van der Waals surface area (Å²) in [6, 6.07) is 10.0. The highest BCUT2D eigenvalue weighted by molar-refractivity contribution is 7.10. The molecular formula is C14H12ClN5S. The summed E-state index contributed by atoms with van der Waals surface area (Å²) in [5.41, 5.74) is 2.47. The number of benzene rings is 1. The van der Waals surface area contributed by atoms with Gasteiger partial charge in [-0.2, -0.15) is 9.64 Å². The standard InChI is InChI=1S/C14H12ClN5S/c15-13-9(8-16)14(21-20-13)17-7-3-6-12-18-10-4-1-2-5-11(10)19-12/h1-2,4-5,17H,3,6-7H2,(H,18,19). The van der Waals surface area contributed by atoms with Crippen LogP contribution >= 0.6 is 23.1 Å². The second kappa shape index (κ2) is 6.12. The van der Waals surface area contributed by atoms with Gasteiger partial charge in [-0.3, -0.25) is 0 Å². The Labute approximate surface area is 130 Å². The van der Waals surface area contributed by atoms with Gasteiger partial charge in [0.1, 0.15) is 22.5 Å². The van der Waals surface area contributed by atoms with Gasteiger partial charge in [-0.15, -0.1) is 0 Å². The van der Waals surface area contributed by atoms with Crippen LogP contribution in [0.1, 0.15) is 17.8 Å². The summed E-state index contributed by atoms with van der Waals surface area (Å²) >= 11 is 7.03. The molecule has 3 aromatic rings. The van der Waals surface area contributed by atoms with E-state index in [1.54, 1.807) is 0 Å². The quantitative estimate of drug-likeness (QED) is 0.705. The Morgan fingerprint density at radius 2 is 2.24 bits per heavy atom. The van der Waals surface area contributed by atoms with Crippen molar-refractivity contribution in [3.8, 4) is 6.07 Å². The third-order valence-corrected chi connectivity index (χ3v) is 4.26. The van der Waals surface area contributed by atoms with E-state index in [9.17, 15) is 0 Å². The Balaban J connectivity index is 1.55. The minimum absolute atomic E-state index is 0.266. The van der Waals surface area contributed by atoms with Crippen LogP contribution in [0.5, 0.6) is 0 Å². The number of nitriles is 1. The first-order valence-electron chi connectivity index (χ1n) is 6.50. The first-order valence-corrected chi connectivity index (χ1v) is 7.66. The maximum Gasteiger partial charge on any atom is 0.162 e. The predicted molar refractivity (Wildman–Crippen MR) is 84.7 cm³/mol. The van der Waals surface area contributed by atoms with Gasteiger partial charge in [-0.1, -0.05) is 23.7 Å². The normalized spacial score (nSPS) is 10.7. The molecule has 0 fully saturated rings. The molecule has 0 unspecified atom stereocenters. The molecule has 0 aliphatic rings. The smallest absolute Gasteiger partial charge is 0.162 e. The fourth-order valence-electron chi connectivity index (χ4n) is 2.07. The number of aryl methyl sites for hydroxylation is 1. The van der Waals surface area contributed by atoms with Crippen LogP contribution in [-0.2, 0) is 6.42 Å². The number of imidazole rings is 1. The lowest BCUT2D eigenvalue weighted by Crippen LogP contribution is -2.03. The lowest BCUT2D eigenvalue weighted by molar-refractivity contribution is 0.821. The number of nitrogens with one attached hydrogen (secondary N) is 2. The Kier molecular flexibility index (Phi) is 4.04. The van der Waals surface area contributed by atoms with Gasteiger partial charge in [0, 0.05) is 13.0 Å². The van der Waals surface area contributed by atoms with Gasteiger partial charge >= 0.3 is 0 Å². The van der Waals surface area contributed by atoms with Crippen molar-refractivity contribution in [1.29, 1.82) is 5.26 Å². The molecule has 7 heteroatoms. The van der Waals surface area contributed by atoms with E-state index in [2.05, 4.69) is 25.7 Å². The van der Waals surface area contributed by atoms with E-state index in [0.717, 1.165) is 41.2 Å². The fraction of sp³-hybridized carbons (Fsp3) is 0.214. The highest BCUT2D eigenvalue weighted by Gasteiger charge is 2.10. The number of hydrogen-bond donors (Lipinski definition) is 2. The molecule has 2 aromatic heterocycles. The Hall–Kier alpha value is -2.10. The molecule has 0 saturated carbocycles. The molecule has 0 aliphatic heterocycles. The summed E-state index contributed by atoms with van der Waals surface area (Å²) in [6.07, 6.45) is 1.75. The maximum absolute atomic E-state index is 8.98. The van der Waals surface area contributed by atoms with Crippen molar-refractivity contribution in [1.82, 2.24) is 14.3 Å². The number of para-hydroxylation sites is 2. The number of fused-ring (bicyclic) bond motifs is 1. The zero-order valence-electron chi connectivity index (χ0n) is 11.1. The van der Waals surface area contributed by atoms with Crippen LogP contribution in [0.3, 0.4) is 0 Å². The van der Waals surface area contributed by atoms with Gasteiger partial charge < -0.3 is 10.3 Å². The largest absolute Gasteiger partial charge is 0.375 e. The van der Waals surface area contributed by atoms with Gasteiger partial charge in [0.15, 0.2) is 5.15 Å². The van der Waals surface area contributed by atoms with Gasteiger partial charge in [-0.05, 0) is 30.1 Å². The minimum atomic E-state index is 0.266. The molecule has 0 saturated heterocycles. The molecule has 2 N–H and O–H groups in total. The van der Waals surface area contributed by atoms with Crippen LogP contribution in [0.25, 0.3) is 11.0 Å². The van der Waals surface area contributed by atoms with E-state index in [0.29, 0.717) is 5.56 Å². The molecule has 1 aromatic carbocycles. The molecule has 0 aliphatic carbocycles. The number of anilines is 1. The van der Waals surface area contributed by atoms with Gasteiger partial charge in [0.25, 0.3) is 0 Å². The zero-order chi connectivity index (χ0) is 14.7. The monoisotopic (exact) mass is 317 g/mol. The molecule has 21 heavy (non-hydrogen) atoms. The van der Waals surface area contributed by atoms with Crippen LogP contribution < -0.4 is 5.32 Å². The van der Waals surface area contributed by atoms with Crippen LogP contribution in [-0.4, -0.2) is 20.9 Å². The summed E-state index contributed by atoms with van der Waals surface area (Å²) < 4.78 is 3.96. The molecule has 0 bridgehead atoms. The molecule has 5 nitrogen and oxygen atoms in total. The van der Waals surface area contributed by atoms with Crippen LogP contribution in [0.2, 0.25) is 5.15 Å². The molecule has 0 atom stereocenters. The predicted octanol–water partition coefficient (Wildman–Crippen LogP) is 3.59. The van der Waals surface area contributed by atoms with Crippen molar-refractivity contribution in [2.45, 2.75) is 12.8 Å².